The lowest BCUT2D eigenvalue weighted by Gasteiger charge is -2.36. The SMILES string of the molecule is CC(C)C(CCO[Si](C)(C)C(C)(C)C)NC(=O)O. The molecular formula is C13H29NO3Si. The Morgan fingerprint density at radius 2 is 1.83 bits per heavy atom. The minimum Gasteiger partial charge on any atom is -0.465 e. The topological polar surface area (TPSA) is 58.6 Å². The fraction of sp³-hybridized carbons (Fsp3) is 0.923. The molecule has 0 rings (SSSR count). The van der Waals surface area contributed by atoms with Crippen molar-refractivity contribution in [2.75, 3.05) is 6.61 Å². The molecule has 1 unspecified atom stereocenters. The van der Waals surface area contributed by atoms with Gasteiger partial charge in [0.2, 0.25) is 0 Å². The highest BCUT2D eigenvalue weighted by Gasteiger charge is 2.37. The van der Waals surface area contributed by atoms with Gasteiger partial charge in [0.15, 0.2) is 8.32 Å². The molecule has 0 radical (unpaired) electrons. The molecule has 18 heavy (non-hydrogen) atoms. The molecule has 0 aliphatic heterocycles. The summed E-state index contributed by atoms with van der Waals surface area (Å²) < 4.78 is 6.06. The fourth-order valence-electron chi connectivity index (χ4n) is 1.39. The summed E-state index contributed by atoms with van der Waals surface area (Å²) in [6.07, 6.45) is -0.225. The second-order valence-electron chi connectivity index (χ2n) is 6.70. The highest BCUT2D eigenvalue weighted by Crippen LogP contribution is 2.36. The lowest BCUT2D eigenvalue weighted by atomic mass is 10.0. The van der Waals surface area contributed by atoms with Crippen LogP contribution >= 0.6 is 0 Å². The maximum Gasteiger partial charge on any atom is 0.404 e. The Morgan fingerprint density at radius 1 is 1.33 bits per heavy atom. The first-order chi connectivity index (χ1) is 7.97. The summed E-state index contributed by atoms with van der Waals surface area (Å²) >= 11 is 0. The highest BCUT2D eigenvalue weighted by atomic mass is 28.4. The monoisotopic (exact) mass is 275 g/mol. The van der Waals surface area contributed by atoms with Gasteiger partial charge in [0.1, 0.15) is 0 Å². The maximum atomic E-state index is 10.7. The Balaban J connectivity index is 4.27. The molecule has 0 aliphatic rings. The number of hydrogen-bond acceptors (Lipinski definition) is 2. The van der Waals surface area contributed by atoms with Crippen LogP contribution in [0.15, 0.2) is 0 Å². The van der Waals surface area contributed by atoms with Crippen LogP contribution in [0.25, 0.3) is 0 Å². The minimum absolute atomic E-state index is 0.0349. The van der Waals surface area contributed by atoms with Gasteiger partial charge in [-0.05, 0) is 30.5 Å². The van der Waals surface area contributed by atoms with Gasteiger partial charge in [0.05, 0.1) is 0 Å². The van der Waals surface area contributed by atoms with Gasteiger partial charge in [-0.3, -0.25) is 0 Å². The Labute approximate surface area is 112 Å². The van der Waals surface area contributed by atoms with Gasteiger partial charge in [-0.15, -0.1) is 0 Å². The van der Waals surface area contributed by atoms with E-state index in [1.165, 1.54) is 0 Å². The zero-order valence-corrected chi connectivity index (χ0v) is 13.8. The van der Waals surface area contributed by atoms with Crippen molar-refractivity contribution >= 4 is 14.4 Å². The van der Waals surface area contributed by atoms with Crippen molar-refractivity contribution < 1.29 is 14.3 Å². The molecule has 1 atom stereocenters. The highest BCUT2D eigenvalue weighted by molar-refractivity contribution is 6.74. The predicted molar refractivity (Wildman–Crippen MR) is 77.6 cm³/mol. The second-order valence-corrected chi connectivity index (χ2v) is 11.5. The number of hydrogen-bond donors (Lipinski definition) is 2. The molecule has 0 spiro atoms. The average Bonchev–Trinajstić information content (AvgIpc) is 2.13. The van der Waals surface area contributed by atoms with Crippen LogP contribution in [0.4, 0.5) is 4.79 Å². The molecule has 0 bridgehead atoms. The van der Waals surface area contributed by atoms with Gasteiger partial charge in [0.25, 0.3) is 0 Å². The van der Waals surface area contributed by atoms with E-state index >= 15 is 0 Å². The van der Waals surface area contributed by atoms with Crippen molar-refractivity contribution in [2.24, 2.45) is 5.92 Å². The molecular weight excluding hydrogens is 246 g/mol. The summed E-state index contributed by atoms with van der Waals surface area (Å²) in [5, 5.41) is 11.5. The molecule has 0 aromatic carbocycles. The molecule has 2 N–H and O–H groups in total. The fourth-order valence-corrected chi connectivity index (χ4v) is 2.45. The molecule has 4 nitrogen and oxygen atoms in total. The molecule has 0 aromatic heterocycles. The van der Waals surface area contributed by atoms with Gasteiger partial charge < -0.3 is 14.8 Å². The Bertz CT molecular complexity index is 272. The van der Waals surface area contributed by atoms with E-state index in [0.29, 0.717) is 6.61 Å². The maximum absolute atomic E-state index is 10.7. The van der Waals surface area contributed by atoms with E-state index in [4.69, 9.17) is 9.53 Å². The quantitative estimate of drug-likeness (QED) is 0.727. The van der Waals surface area contributed by atoms with Crippen LogP contribution in [0, 0.1) is 5.92 Å². The number of carbonyl (C=O) groups is 1. The van der Waals surface area contributed by atoms with E-state index in [2.05, 4.69) is 39.2 Å². The summed E-state index contributed by atoms with van der Waals surface area (Å²) in [6, 6.07) is -0.0349. The third-order valence-corrected chi connectivity index (χ3v) is 8.35. The third kappa shape index (κ3) is 5.86. The molecule has 0 aliphatic carbocycles. The molecule has 0 fully saturated rings. The van der Waals surface area contributed by atoms with Crippen LogP contribution in [0.1, 0.15) is 41.0 Å². The molecule has 108 valence electrons. The number of rotatable bonds is 6. The summed E-state index contributed by atoms with van der Waals surface area (Å²) in [4.78, 5) is 10.7. The van der Waals surface area contributed by atoms with Crippen molar-refractivity contribution in [1.82, 2.24) is 5.32 Å². The van der Waals surface area contributed by atoms with Gasteiger partial charge in [-0.1, -0.05) is 34.6 Å². The second kappa shape index (κ2) is 6.57. The van der Waals surface area contributed by atoms with Gasteiger partial charge >= 0.3 is 6.09 Å². The van der Waals surface area contributed by atoms with Crippen molar-refractivity contribution in [1.29, 1.82) is 0 Å². The molecule has 5 heteroatoms. The lowest BCUT2D eigenvalue weighted by Crippen LogP contribution is -2.43. The van der Waals surface area contributed by atoms with E-state index in [0.717, 1.165) is 6.42 Å². The van der Waals surface area contributed by atoms with Gasteiger partial charge in [-0.2, -0.15) is 0 Å². The summed E-state index contributed by atoms with van der Waals surface area (Å²) in [5.74, 6) is 0.282. The molecule has 0 heterocycles. The van der Waals surface area contributed by atoms with E-state index < -0.39 is 14.4 Å². The van der Waals surface area contributed by atoms with Crippen molar-refractivity contribution in [3.05, 3.63) is 0 Å². The predicted octanol–water partition coefficient (Wildman–Crippen LogP) is 3.69. The van der Waals surface area contributed by atoms with E-state index in [1.807, 2.05) is 13.8 Å². The number of amides is 1. The zero-order chi connectivity index (χ0) is 14.6. The molecule has 0 saturated carbocycles. The van der Waals surface area contributed by atoms with Gasteiger partial charge in [-0.25, -0.2) is 4.79 Å². The first kappa shape index (κ1) is 17.4. The van der Waals surface area contributed by atoms with E-state index in [9.17, 15) is 4.79 Å². The number of carboxylic acid groups (broad SMARTS) is 1. The Kier molecular flexibility index (Phi) is 6.36. The first-order valence-corrected chi connectivity index (χ1v) is 9.51. The van der Waals surface area contributed by atoms with Crippen LogP contribution in [-0.4, -0.2) is 32.2 Å². The third-order valence-electron chi connectivity index (χ3n) is 3.81. The van der Waals surface area contributed by atoms with Crippen molar-refractivity contribution in [2.45, 2.75) is 65.2 Å². The largest absolute Gasteiger partial charge is 0.465 e. The van der Waals surface area contributed by atoms with E-state index in [-0.39, 0.29) is 17.0 Å². The van der Waals surface area contributed by atoms with E-state index in [1.54, 1.807) is 0 Å². The standard InChI is InChI=1S/C13H29NO3Si/c1-10(2)11(14-12(15)16)8-9-17-18(6,7)13(3,4)5/h10-11,14H,8-9H2,1-7H3,(H,15,16). The minimum atomic E-state index is -1.72. The lowest BCUT2D eigenvalue weighted by molar-refractivity contribution is 0.179. The van der Waals surface area contributed by atoms with Crippen LogP contribution in [-0.2, 0) is 4.43 Å². The molecule has 0 aromatic rings. The summed E-state index contributed by atoms with van der Waals surface area (Å²) in [5.41, 5.74) is 0. The van der Waals surface area contributed by atoms with Crippen LogP contribution in [0.3, 0.4) is 0 Å². The number of nitrogens with one attached hydrogen (secondary N) is 1. The van der Waals surface area contributed by atoms with Crippen LogP contribution < -0.4 is 5.32 Å². The summed E-state index contributed by atoms with van der Waals surface area (Å²) in [7, 11) is -1.72. The summed E-state index contributed by atoms with van der Waals surface area (Å²) in [6.45, 7) is 15.7. The Morgan fingerprint density at radius 3 is 2.17 bits per heavy atom. The molecule has 1 amide bonds. The van der Waals surface area contributed by atoms with Crippen LogP contribution in [0.5, 0.6) is 0 Å². The smallest absolute Gasteiger partial charge is 0.404 e. The van der Waals surface area contributed by atoms with Gasteiger partial charge in [0, 0.05) is 12.6 Å². The average molecular weight is 275 g/mol. The first-order valence-electron chi connectivity index (χ1n) is 6.61. The normalized spacial score (nSPS) is 14.7. The zero-order valence-electron chi connectivity index (χ0n) is 12.8. The van der Waals surface area contributed by atoms with Crippen LogP contribution in [0.2, 0.25) is 18.1 Å². The van der Waals surface area contributed by atoms with Crippen molar-refractivity contribution in [3.63, 3.8) is 0 Å². The van der Waals surface area contributed by atoms with Crippen molar-refractivity contribution in [3.8, 4) is 0 Å². The molecule has 0 saturated heterocycles. The Hall–Kier alpha value is -0.553.